The zero-order valence-electron chi connectivity index (χ0n) is 42.2. The lowest BCUT2D eigenvalue weighted by atomic mass is 9.81. The summed E-state index contributed by atoms with van der Waals surface area (Å²) in [6.45, 7) is 13.3. The molecule has 4 fully saturated rings. The number of methoxy groups -OCH3 is 3. The first-order chi connectivity index (χ1) is 33.0. The number of hydrogen-bond donors (Lipinski definition) is 2. The third-order valence-electron chi connectivity index (χ3n) is 15.8. The Labute approximate surface area is 408 Å². The summed E-state index contributed by atoms with van der Waals surface area (Å²) in [7, 11) is 4.76. The molecule has 2 aliphatic carbocycles. The molecule has 14 heteroatoms. The third-order valence-corrected chi connectivity index (χ3v) is 15.8. The molecule has 3 aliphatic heterocycles. The van der Waals surface area contributed by atoms with Gasteiger partial charge in [0.1, 0.15) is 35.9 Å². The van der Waals surface area contributed by atoms with Gasteiger partial charge in [0, 0.05) is 75.2 Å². The molecule has 4 heterocycles. The van der Waals surface area contributed by atoms with Crippen molar-refractivity contribution in [2.75, 3.05) is 27.9 Å². The van der Waals surface area contributed by atoms with Crippen molar-refractivity contribution in [1.29, 1.82) is 0 Å². The van der Waals surface area contributed by atoms with Crippen LogP contribution < -0.4 is 4.74 Å². The number of piperidine rings is 1. The van der Waals surface area contributed by atoms with Gasteiger partial charge in [0.15, 0.2) is 0 Å². The molecule has 380 valence electrons. The van der Waals surface area contributed by atoms with Gasteiger partial charge >= 0.3 is 5.97 Å². The number of esters is 1. The van der Waals surface area contributed by atoms with Gasteiger partial charge in [-0.3, -0.25) is 14.4 Å². The van der Waals surface area contributed by atoms with Crippen molar-refractivity contribution in [1.82, 2.24) is 9.47 Å². The van der Waals surface area contributed by atoms with Gasteiger partial charge in [-0.15, -0.1) is 6.58 Å². The van der Waals surface area contributed by atoms with Crippen LogP contribution in [0.25, 0.3) is 10.9 Å². The van der Waals surface area contributed by atoms with Crippen molar-refractivity contribution >= 4 is 34.3 Å². The Morgan fingerprint density at radius 1 is 0.899 bits per heavy atom. The molecule has 2 bridgehead atoms. The number of aliphatic hydroxyl groups excluding tert-OH is 1. The molecule has 14 nitrogen and oxygen atoms in total. The van der Waals surface area contributed by atoms with Crippen molar-refractivity contribution in [2.24, 2.45) is 29.6 Å². The maximum atomic E-state index is 14.6. The number of nitrogens with zero attached hydrogens (tertiary/aromatic N) is 2. The zero-order chi connectivity index (χ0) is 49.7. The Morgan fingerprint density at radius 3 is 2.32 bits per heavy atom. The number of cyclic esters (lactones) is 1. The van der Waals surface area contributed by atoms with E-state index >= 15 is 0 Å². The number of allylic oxidation sites excluding steroid dienone is 4. The third kappa shape index (κ3) is 12.0. The van der Waals surface area contributed by atoms with Crippen LogP contribution in [0, 0.1) is 29.6 Å². The summed E-state index contributed by atoms with van der Waals surface area (Å²) < 4.78 is 39.5. The first-order valence-corrected chi connectivity index (χ1v) is 25.5. The normalized spacial score (nSPS) is 37.0. The summed E-state index contributed by atoms with van der Waals surface area (Å²) in [6, 6.07) is 7.83. The summed E-state index contributed by atoms with van der Waals surface area (Å²) in [4.78, 5) is 58.8. The molecule has 14 atom stereocenters. The van der Waals surface area contributed by atoms with Crippen LogP contribution in [-0.2, 0) is 42.9 Å². The van der Waals surface area contributed by atoms with Crippen LogP contribution in [0.5, 0.6) is 5.75 Å². The molecule has 2 aromatic rings. The first kappa shape index (κ1) is 52.6. The first-order valence-electron chi connectivity index (χ1n) is 25.5. The second kappa shape index (κ2) is 22.9. The van der Waals surface area contributed by atoms with Gasteiger partial charge in [-0.1, -0.05) is 44.6 Å². The van der Waals surface area contributed by atoms with Crippen molar-refractivity contribution in [3.05, 3.63) is 66.4 Å². The minimum absolute atomic E-state index is 0.00571. The topological polar surface area (TPSA) is 172 Å². The van der Waals surface area contributed by atoms with Crippen molar-refractivity contribution in [3.63, 3.8) is 0 Å². The molecule has 1 amide bonds. The van der Waals surface area contributed by atoms with E-state index in [1.807, 2.05) is 26.0 Å². The van der Waals surface area contributed by atoms with Crippen LogP contribution in [0.3, 0.4) is 0 Å². The SMILES string of the molecule is C=CCC1/C=C(\C)CC(C)CC(OC)C2OC(O)(C(=O)C(=O)N3CCCCC3C(=O)OC(C(C)=CC3CCC(Oc4ccc5c(ccn5C5CC5)c4)C(OC)C3)C(C)C(O)CC1=O)C(C)CC2OC. The summed E-state index contributed by atoms with van der Waals surface area (Å²) in [5, 5.41) is 25.3. The molecule has 2 N–H and O–H groups in total. The smallest absolute Gasteiger partial charge is 0.329 e. The molecular formula is C55H78N2O12. The number of Topliss-reactive ketones (excluding diaryl/α,β-unsaturated/α-hetero) is 2. The predicted octanol–water partition coefficient (Wildman–Crippen LogP) is 8.02. The summed E-state index contributed by atoms with van der Waals surface area (Å²) in [5.74, 6) is -6.93. The highest BCUT2D eigenvalue weighted by Gasteiger charge is 2.56. The highest BCUT2D eigenvalue weighted by atomic mass is 16.7. The number of amides is 1. The zero-order valence-corrected chi connectivity index (χ0v) is 42.2. The highest BCUT2D eigenvalue weighted by Crippen LogP contribution is 2.41. The van der Waals surface area contributed by atoms with E-state index in [-0.39, 0.29) is 55.6 Å². The second-order valence-corrected chi connectivity index (χ2v) is 21.0. The minimum Gasteiger partial charge on any atom is -0.488 e. The van der Waals surface area contributed by atoms with Crippen LogP contribution in [0.1, 0.15) is 124 Å². The van der Waals surface area contributed by atoms with Gasteiger partial charge in [-0.25, -0.2) is 4.79 Å². The molecule has 0 spiro atoms. The van der Waals surface area contributed by atoms with E-state index in [1.165, 1.54) is 37.5 Å². The minimum atomic E-state index is -2.52. The number of aromatic nitrogens is 1. The number of benzene rings is 1. The molecule has 2 saturated heterocycles. The van der Waals surface area contributed by atoms with E-state index in [9.17, 15) is 29.4 Å². The quantitative estimate of drug-likeness (QED) is 0.134. The number of rotatable bonds is 10. The number of hydrogen-bond acceptors (Lipinski definition) is 12. The summed E-state index contributed by atoms with van der Waals surface area (Å²) >= 11 is 0. The fourth-order valence-electron chi connectivity index (χ4n) is 11.6. The standard InChI is InChI=1S/C55H78N2O12/c1-10-13-39-25-32(2)24-33(3)26-48(65-8)51-49(66-9)28-35(5)55(63,69-51)52(60)53(61)57-22-12-11-14-43(57)54(62)68-50(36(6)44(58)31-45(39)59)34(4)27-37-15-20-46(47(29-37)64-7)67-41-18-19-42-38(30-41)21-23-56(42)40-16-17-40/h10,18-19,21,23,25,27,30,33,35-37,39-40,43-44,46-51,58,63H,1,11-17,20,22,24,26,28-29,31H2,2-9H3/b32-25+,34-27?. The molecule has 5 aliphatic rings. The monoisotopic (exact) mass is 959 g/mol. The molecular weight excluding hydrogens is 881 g/mol. The van der Waals surface area contributed by atoms with Gasteiger partial charge in [-0.2, -0.15) is 0 Å². The van der Waals surface area contributed by atoms with Crippen LogP contribution >= 0.6 is 0 Å². The van der Waals surface area contributed by atoms with Crippen LogP contribution in [0.4, 0.5) is 0 Å². The van der Waals surface area contributed by atoms with Crippen molar-refractivity contribution < 1.29 is 57.8 Å². The van der Waals surface area contributed by atoms with Gasteiger partial charge in [0.2, 0.25) is 5.79 Å². The number of ketones is 2. The van der Waals surface area contributed by atoms with E-state index in [0.29, 0.717) is 56.6 Å². The lowest BCUT2D eigenvalue weighted by Gasteiger charge is -2.47. The Balaban J connectivity index is 1.17. The molecule has 0 radical (unpaired) electrons. The van der Waals surface area contributed by atoms with Crippen LogP contribution in [0.2, 0.25) is 0 Å². The lowest BCUT2D eigenvalue weighted by Crippen LogP contribution is -2.64. The van der Waals surface area contributed by atoms with Crippen molar-refractivity contribution in [2.45, 2.75) is 179 Å². The maximum Gasteiger partial charge on any atom is 0.329 e. The average molecular weight is 959 g/mol. The van der Waals surface area contributed by atoms with Crippen molar-refractivity contribution in [3.8, 4) is 5.75 Å². The molecule has 69 heavy (non-hydrogen) atoms. The molecule has 1 aromatic heterocycles. The Bertz CT molecular complexity index is 2210. The molecule has 7 rings (SSSR count). The van der Waals surface area contributed by atoms with E-state index in [0.717, 1.165) is 23.1 Å². The van der Waals surface area contributed by atoms with E-state index < -0.39 is 77.8 Å². The number of aliphatic hydroxyl groups is 2. The van der Waals surface area contributed by atoms with Gasteiger partial charge in [0.05, 0.1) is 24.4 Å². The van der Waals surface area contributed by atoms with E-state index in [1.54, 1.807) is 27.0 Å². The van der Waals surface area contributed by atoms with Crippen LogP contribution in [0.15, 0.2) is 66.4 Å². The van der Waals surface area contributed by atoms with E-state index in [2.05, 4.69) is 48.5 Å². The number of fused-ring (bicyclic) bond motifs is 4. The number of carbonyl (C=O) groups excluding carboxylic acids is 4. The summed E-state index contributed by atoms with van der Waals surface area (Å²) in [6.07, 6.45) is 10.5. The Hall–Kier alpha value is -4.18. The van der Waals surface area contributed by atoms with E-state index in [4.69, 9.17) is 28.4 Å². The molecule has 14 unspecified atom stereocenters. The largest absolute Gasteiger partial charge is 0.488 e. The highest BCUT2D eigenvalue weighted by molar-refractivity contribution is 6.39. The van der Waals surface area contributed by atoms with Gasteiger partial charge < -0.3 is 48.1 Å². The lowest BCUT2D eigenvalue weighted by molar-refractivity contribution is -0.302. The maximum absolute atomic E-state index is 14.6. The average Bonchev–Trinajstić information content (AvgIpc) is 4.10. The number of ether oxygens (including phenoxy) is 6. The summed E-state index contributed by atoms with van der Waals surface area (Å²) in [5.41, 5.74) is 2.86. The van der Waals surface area contributed by atoms with Crippen LogP contribution in [-0.4, -0.2) is 126 Å². The Kier molecular flexibility index (Phi) is 17.5. The number of carbonyl (C=O) groups is 4. The van der Waals surface area contributed by atoms with Gasteiger partial charge in [-0.05, 0) is 133 Å². The fourth-order valence-corrected chi connectivity index (χ4v) is 11.6. The fraction of sp³-hybridized carbons (Fsp3) is 0.673. The predicted molar refractivity (Wildman–Crippen MR) is 261 cm³/mol. The van der Waals surface area contributed by atoms with Gasteiger partial charge in [0.25, 0.3) is 11.7 Å². The second-order valence-electron chi connectivity index (χ2n) is 21.0. The Morgan fingerprint density at radius 2 is 1.62 bits per heavy atom. The molecule has 2 saturated carbocycles. The molecule has 1 aromatic carbocycles.